The van der Waals surface area contributed by atoms with Crippen LogP contribution in [0, 0.1) is 5.92 Å². The smallest absolute Gasteiger partial charge is 0.223 e. The second-order valence-corrected chi connectivity index (χ2v) is 7.09. The summed E-state index contributed by atoms with van der Waals surface area (Å²) in [6.45, 7) is 3.10. The average Bonchev–Trinajstić information content (AvgIpc) is 2.65. The summed E-state index contributed by atoms with van der Waals surface area (Å²) in [6, 6.07) is 6.59. The van der Waals surface area contributed by atoms with Crippen LogP contribution in [0.15, 0.2) is 18.2 Å². The lowest BCUT2D eigenvalue weighted by molar-refractivity contribution is -0.128. The summed E-state index contributed by atoms with van der Waals surface area (Å²) in [5, 5.41) is 6.62. The van der Waals surface area contributed by atoms with E-state index >= 15 is 0 Å². The Kier molecular flexibility index (Phi) is 4.72. The molecule has 0 aromatic heterocycles. The molecule has 1 saturated carbocycles. The summed E-state index contributed by atoms with van der Waals surface area (Å²) in [7, 11) is 0. The van der Waals surface area contributed by atoms with Gasteiger partial charge < -0.3 is 20.1 Å². The van der Waals surface area contributed by atoms with E-state index in [0.29, 0.717) is 18.7 Å². The van der Waals surface area contributed by atoms with Crippen molar-refractivity contribution >= 4 is 5.91 Å². The van der Waals surface area contributed by atoms with Crippen molar-refractivity contribution in [2.45, 2.75) is 50.8 Å². The highest BCUT2D eigenvalue weighted by atomic mass is 16.5. The summed E-state index contributed by atoms with van der Waals surface area (Å²) >= 11 is 0. The van der Waals surface area contributed by atoms with Gasteiger partial charge in [0.1, 0.15) is 5.75 Å². The Balaban J connectivity index is 1.31. The zero-order valence-corrected chi connectivity index (χ0v) is 14.1. The minimum atomic E-state index is 0.0985. The molecule has 5 nitrogen and oxygen atoms in total. The zero-order chi connectivity index (χ0) is 16.4. The van der Waals surface area contributed by atoms with Gasteiger partial charge in [0, 0.05) is 25.0 Å². The lowest BCUT2D eigenvalue weighted by Gasteiger charge is -2.39. The first-order valence-electron chi connectivity index (χ1n) is 9.17. The summed E-state index contributed by atoms with van der Waals surface area (Å²) in [6.07, 6.45) is 5.22. The molecule has 0 bridgehead atoms. The van der Waals surface area contributed by atoms with Crippen LogP contribution in [-0.4, -0.2) is 37.8 Å². The molecule has 1 aromatic rings. The number of carbonyl (C=O) groups excluding carboxylic acids is 1. The minimum absolute atomic E-state index is 0.0985. The Hall–Kier alpha value is -1.59. The number of rotatable bonds is 3. The van der Waals surface area contributed by atoms with E-state index in [-0.39, 0.29) is 11.8 Å². The van der Waals surface area contributed by atoms with E-state index in [9.17, 15) is 4.79 Å². The SMILES string of the molecule is O=C(NCc1ccc2c(c1)CCCO2)[C@H]1CC[C@H]2OCCN[C@@H]2C1. The maximum Gasteiger partial charge on any atom is 0.223 e. The van der Waals surface area contributed by atoms with Gasteiger partial charge in [-0.05, 0) is 49.3 Å². The molecule has 0 spiro atoms. The molecule has 1 amide bonds. The van der Waals surface area contributed by atoms with Crippen molar-refractivity contribution in [3.8, 4) is 5.75 Å². The number of fused-ring (bicyclic) bond motifs is 2. The molecule has 5 heteroatoms. The number of carbonyl (C=O) groups is 1. The number of nitrogens with one attached hydrogen (secondary N) is 2. The molecule has 24 heavy (non-hydrogen) atoms. The van der Waals surface area contributed by atoms with Crippen LogP contribution in [0.1, 0.15) is 36.8 Å². The fraction of sp³-hybridized carbons (Fsp3) is 0.632. The maximum atomic E-state index is 12.5. The number of benzene rings is 1. The fourth-order valence-electron chi connectivity index (χ4n) is 4.11. The summed E-state index contributed by atoms with van der Waals surface area (Å²) < 4.78 is 11.4. The van der Waals surface area contributed by atoms with E-state index in [1.54, 1.807) is 0 Å². The lowest BCUT2D eigenvalue weighted by atomic mass is 9.82. The van der Waals surface area contributed by atoms with Gasteiger partial charge in [-0.25, -0.2) is 0 Å². The standard InChI is InChI=1S/C19H26N2O3/c22-19(15-4-6-18-16(11-15)20-7-9-24-18)21-12-13-3-5-17-14(10-13)2-1-8-23-17/h3,5,10,15-16,18,20H,1-2,4,6-9,11-12H2,(H,21,22)/t15-,16+,18+/m0/s1. The molecule has 2 fully saturated rings. The molecule has 1 aromatic carbocycles. The van der Waals surface area contributed by atoms with E-state index < -0.39 is 0 Å². The van der Waals surface area contributed by atoms with Crippen molar-refractivity contribution in [2.75, 3.05) is 19.8 Å². The van der Waals surface area contributed by atoms with Gasteiger partial charge in [-0.3, -0.25) is 4.79 Å². The number of aryl methyl sites for hydroxylation is 1. The van der Waals surface area contributed by atoms with Gasteiger partial charge in [0.15, 0.2) is 0 Å². The second kappa shape index (κ2) is 7.11. The zero-order valence-electron chi connectivity index (χ0n) is 14.1. The Morgan fingerprint density at radius 2 is 2.25 bits per heavy atom. The fourth-order valence-corrected chi connectivity index (χ4v) is 4.11. The molecule has 1 aliphatic carbocycles. The Labute approximate surface area is 143 Å². The van der Waals surface area contributed by atoms with Gasteiger partial charge in [0.2, 0.25) is 5.91 Å². The first-order chi connectivity index (χ1) is 11.8. The number of hydrogen-bond acceptors (Lipinski definition) is 4. The highest BCUT2D eigenvalue weighted by molar-refractivity contribution is 5.78. The third-order valence-electron chi connectivity index (χ3n) is 5.44. The highest BCUT2D eigenvalue weighted by Crippen LogP contribution is 2.29. The molecule has 2 heterocycles. The van der Waals surface area contributed by atoms with Crippen molar-refractivity contribution in [1.82, 2.24) is 10.6 Å². The van der Waals surface area contributed by atoms with Gasteiger partial charge in [-0.15, -0.1) is 0 Å². The van der Waals surface area contributed by atoms with E-state index in [1.165, 1.54) is 5.56 Å². The number of morpholine rings is 1. The molecular weight excluding hydrogens is 304 g/mol. The van der Waals surface area contributed by atoms with Crippen LogP contribution in [0.5, 0.6) is 5.75 Å². The Bertz CT molecular complexity index is 604. The minimum Gasteiger partial charge on any atom is -0.493 e. The summed E-state index contributed by atoms with van der Waals surface area (Å²) in [5.41, 5.74) is 2.41. The topological polar surface area (TPSA) is 59.6 Å². The Morgan fingerprint density at radius 3 is 3.21 bits per heavy atom. The molecule has 130 valence electrons. The van der Waals surface area contributed by atoms with Crippen molar-refractivity contribution < 1.29 is 14.3 Å². The first-order valence-corrected chi connectivity index (χ1v) is 9.17. The quantitative estimate of drug-likeness (QED) is 0.887. The third kappa shape index (κ3) is 3.42. The third-order valence-corrected chi connectivity index (χ3v) is 5.44. The summed E-state index contributed by atoms with van der Waals surface area (Å²) in [5.74, 6) is 1.27. The van der Waals surface area contributed by atoms with Crippen molar-refractivity contribution in [1.29, 1.82) is 0 Å². The van der Waals surface area contributed by atoms with Gasteiger partial charge in [-0.1, -0.05) is 12.1 Å². The predicted octanol–water partition coefficient (Wildman–Crippen LogP) is 1.78. The van der Waals surface area contributed by atoms with E-state index in [2.05, 4.69) is 22.8 Å². The van der Waals surface area contributed by atoms with Gasteiger partial charge in [-0.2, -0.15) is 0 Å². The molecule has 3 aliphatic rings. The van der Waals surface area contributed by atoms with Crippen LogP contribution in [-0.2, 0) is 22.5 Å². The molecule has 3 atom stereocenters. The van der Waals surface area contributed by atoms with E-state index in [0.717, 1.165) is 63.2 Å². The van der Waals surface area contributed by atoms with Crippen LogP contribution >= 0.6 is 0 Å². The molecule has 1 saturated heterocycles. The predicted molar refractivity (Wildman–Crippen MR) is 91.0 cm³/mol. The molecule has 2 N–H and O–H groups in total. The van der Waals surface area contributed by atoms with Gasteiger partial charge in [0.25, 0.3) is 0 Å². The van der Waals surface area contributed by atoms with Crippen molar-refractivity contribution in [2.24, 2.45) is 5.92 Å². The summed E-state index contributed by atoms with van der Waals surface area (Å²) in [4.78, 5) is 12.5. The van der Waals surface area contributed by atoms with E-state index in [4.69, 9.17) is 9.47 Å². The van der Waals surface area contributed by atoms with Crippen molar-refractivity contribution in [3.05, 3.63) is 29.3 Å². The van der Waals surface area contributed by atoms with Gasteiger partial charge in [0.05, 0.1) is 19.3 Å². The molecule has 0 unspecified atom stereocenters. The monoisotopic (exact) mass is 330 g/mol. The van der Waals surface area contributed by atoms with Crippen molar-refractivity contribution in [3.63, 3.8) is 0 Å². The largest absolute Gasteiger partial charge is 0.493 e. The first kappa shape index (κ1) is 15.9. The number of amides is 1. The maximum absolute atomic E-state index is 12.5. The molecule has 4 rings (SSSR count). The molecule has 0 radical (unpaired) electrons. The van der Waals surface area contributed by atoms with Gasteiger partial charge >= 0.3 is 0 Å². The lowest BCUT2D eigenvalue weighted by Crippen LogP contribution is -2.53. The molecular formula is C19H26N2O3. The van der Waals surface area contributed by atoms with Crippen LogP contribution in [0.3, 0.4) is 0 Å². The highest BCUT2D eigenvalue weighted by Gasteiger charge is 2.35. The van der Waals surface area contributed by atoms with Crippen LogP contribution < -0.4 is 15.4 Å². The average molecular weight is 330 g/mol. The van der Waals surface area contributed by atoms with Crippen LogP contribution in [0.4, 0.5) is 0 Å². The molecule has 2 aliphatic heterocycles. The number of hydrogen-bond donors (Lipinski definition) is 2. The second-order valence-electron chi connectivity index (χ2n) is 7.09. The van der Waals surface area contributed by atoms with E-state index in [1.807, 2.05) is 6.07 Å². The number of ether oxygens (including phenoxy) is 2. The normalized spacial score (nSPS) is 29.1. The Morgan fingerprint density at radius 1 is 1.29 bits per heavy atom. The van der Waals surface area contributed by atoms with Crippen LogP contribution in [0.2, 0.25) is 0 Å². The van der Waals surface area contributed by atoms with Crippen LogP contribution in [0.25, 0.3) is 0 Å².